The third-order valence-corrected chi connectivity index (χ3v) is 3.78. The molecule has 1 aromatic carbocycles. The summed E-state index contributed by atoms with van der Waals surface area (Å²) in [5.41, 5.74) is 7.56. The van der Waals surface area contributed by atoms with E-state index in [1.54, 1.807) is 26.0 Å². The molecule has 1 aliphatic rings. The third-order valence-electron chi connectivity index (χ3n) is 3.32. The molecule has 5 nitrogen and oxygen atoms in total. The largest absolute Gasteiger partial charge is 0.398 e. The van der Waals surface area contributed by atoms with Gasteiger partial charge in [-0.2, -0.15) is 0 Å². The van der Waals surface area contributed by atoms with Crippen molar-refractivity contribution in [1.29, 1.82) is 0 Å². The molecule has 1 aliphatic carbocycles. The van der Waals surface area contributed by atoms with Gasteiger partial charge in [0.2, 0.25) is 5.91 Å². The minimum atomic E-state index is -0.567. The lowest BCUT2D eigenvalue weighted by Crippen LogP contribution is -2.45. The second kappa shape index (κ2) is 5.83. The molecular weight excluding hydrogens is 322 g/mol. The Morgan fingerprint density at radius 1 is 1.40 bits per heavy atom. The average molecular weight is 340 g/mol. The van der Waals surface area contributed by atoms with Gasteiger partial charge in [0.1, 0.15) is 6.04 Å². The molecular formula is C14H18BrN3O2. The molecule has 108 valence electrons. The molecule has 2 rings (SSSR count). The van der Waals surface area contributed by atoms with Crippen molar-refractivity contribution in [3.8, 4) is 0 Å². The molecule has 1 fully saturated rings. The molecule has 0 aromatic heterocycles. The minimum Gasteiger partial charge on any atom is -0.398 e. The SMILES string of the molecule is Cc1c(N)cc(Br)cc1C(=O)NC(C)C(=O)NC1CC1. The van der Waals surface area contributed by atoms with Gasteiger partial charge in [-0.15, -0.1) is 0 Å². The summed E-state index contributed by atoms with van der Waals surface area (Å²) < 4.78 is 0.737. The van der Waals surface area contributed by atoms with E-state index < -0.39 is 6.04 Å². The van der Waals surface area contributed by atoms with Gasteiger partial charge >= 0.3 is 0 Å². The van der Waals surface area contributed by atoms with E-state index in [0.717, 1.165) is 17.3 Å². The topological polar surface area (TPSA) is 84.2 Å². The summed E-state index contributed by atoms with van der Waals surface area (Å²) in [5.74, 6) is -0.449. The van der Waals surface area contributed by atoms with Gasteiger partial charge in [-0.05, 0) is 44.4 Å². The summed E-state index contributed by atoms with van der Waals surface area (Å²) in [5, 5.41) is 5.56. The van der Waals surface area contributed by atoms with E-state index in [1.165, 1.54) is 0 Å². The van der Waals surface area contributed by atoms with Gasteiger partial charge in [-0.3, -0.25) is 9.59 Å². The van der Waals surface area contributed by atoms with Gasteiger partial charge in [-0.25, -0.2) is 0 Å². The number of rotatable bonds is 4. The molecule has 4 N–H and O–H groups in total. The first-order valence-electron chi connectivity index (χ1n) is 6.55. The Labute approximate surface area is 126 Å². The van der Waals surface area contributed by atoms with Crippen molar-refractivity contribution in [3.63, 3.8) is 0 Å². The molecule has 1 saturated carbocycles. The number of hydrogen-bond acceptors (Lipinski definition) is 3. The predicted molar refractivity (Wildman–Crippen MR) is 81.4 cm³/mol. The van der Waals surface area contributed by atoms with Gasteiger partial charge in [-0.1, -0.05) is 15.9 Å². The highest BCUT2D eigenvalue weighted by atomic mass is 79.9. The predicted octanol–water partition coefficient (Wildman–Crippen LogP) is 1.74. The van der Waals surface area contributed by atoms with Crippen molar-refractivity contribution in [2.24, 2.45) is 0 Å². The highest BCUT2D eigenvalue weighted by Gasteiger charge is 2.26. The lowest BCUT2D eigenvalue weighted by Gasteiger charge is -2.15. The Morgan fingerprint density at radius 3 is 2.65 bits per heavy atom. The number of benzene rings is 1. The maximum atomic E-state index is 12.2. The number of hydrogen-bond donors (Lipinski definition) is 3. The van der Waals surface area contributed by atoms with Gasteiger partial charge < -0.3 is 16.4 Å². The van der Waals surface area contributed by atoms with Crippen LogP contribution in [0.2, 0.25) is 0 Å². The number of nitrogen functional groups attached to an aromatic ring is 1. The van der Waals surface area contributed by atoms with Gasteiger partial charge in [0.15, 0.2) is 0 Å². The van der Waals surface area contributed by atoms with Crippen LogP contribution < -0.4 is 16.4 Å². The molecule has 0 radical (unpaired) electrons. The number of carbonyl (C=O) groups excluding carboxylic acids is 2. The summed E-state index contributed by atoms with van der Waals surface area (Å²) in [6, 6.07) is 3.16. The van der Waals surface area contributed by atoms with Crippen LogP contribution >= 0.6 is 15.9 Å². The molecule has 0 saturated heterocycles. The lowest BCUT2D eigenvalue weighted by atomic mass is 10.1. The first-order valence-corrected chi connectivity index (χ1v) is 7.34. The van der Waals surface area contributed by atoms with Crippen LogP contribution in [0.4, 0.5) is 5.69 Å². The Hall–Kier alpha value is -1.56. The number of halogens is 1. The Morgan fingerprint density at radius 2 is 2.05 bits per heavy atom. The summed E-state index contributed by atoms with van der Waals surface area (Å²) >= 11 is 3.31. The molecule has 0 spiro atoms. The Balaban J connectivity index is 2.05. The zero-order valence-electron chi connectivity index (χ0n) is 11.5. The van der Waals surface area contributed by atoms with Crippen LogP contribution in [0.15, 0.2) is 16.6 Å². The summed E-state index contributed by atoms with van der Waals surface area (Å²) in [7, 11) is 0. The molecule has 0 heterocycles. The van der Waals surface area contributed by atoms with Crippen molar-refractivity contribution >= 4 is 33.4 Å². The first kappa shape index (κ1) is 14.8. The van der Waals surface area contributed by atoms with E-state index in [-0.39, 0.29) is 17.9 Å². The van der Waals surface area contributed by atoms with Crippen LogP contribution in [0.1, 0.15) is 35.7 Å². The van der Waals surface area contributed by atoms with Crippen molar-refractivity contribution in [2.75, 3.05) is 5.73 Å². The fourth-order valence-corrected chi connectivity index (χ4v) is 2.31. The second-order valence-corrected chi connectivity index (χ2v) is 6.06. The van der Waals surface area contributed by atoms with Crippen LogP contribution in [0.5, 0.6) is 0 Å². The summed E-state index contributed by atoms with van der Waals surface area (Å²) in [6.45, 7) is 3.46. The second-order valence-electron chi connectivity index (χ2n) is 5.15. The molecule has 6 heteroatoms. The highest BCUT2D eigenvalue weighted by molar-refractivity contribution is 9.10. The molecule has 0 aliphatic heterocycles. The van der Waals surface area contributed by atoms with Crippen molar-refractivity contribution in [2.45, 2.75) is 38.8 Å². The van der Waals surface area contributed by atoms with Gasteiger partial charge in [0.05, 0.1) is 0 Å². The molecule has 1 atom stereocenters. The molecule has 0 bridgehead atoms. The number of nitrogens with one attached hydrogen (secondary N) is 2. The Kier molecular flexibility index (Phi) is 4.32. The summed E-state index contributed by atoms with van der Waals surface area (Å²) in [4.78, 5) is 24.0. The van der Waals surface area contributed by atoms with Crippen LogP contribution in [0.3, 0.4) is 0 Å². The van der Waals surface area contributed by atoms with E-state index >= 15 is 0 Å². The van der Waals surface area contributed by atoms with Crippen LogP contribution in [-0.2, 0) is 4.79 Å². The minimum absolute atomic E-state index is 0.151. The number of nitrogens with two attached hydrogens (primary N) is 1. The lowest BCUT2D eigenvalue weighted by molar-refractivity contribution is -0.122. The zero-order valence-corrected chi connectivity index (χ0v) is 13.1. The van der Waals surface area contributed by atoms with E-state index in [2.05, 4.69) is 26.6 Å². The van der Waals surface area contributed by atoms with Gasteiger partial charge in [0.25, 0.3) is 5.91 Å². The van der Waals surface area contributed by atoms with Crippen LogP contribution in [-0.4, -0.2) is 23.9 Å². The molecule has 20 heavy (non-hydrogen) atoms. The standard InChI is InChI=1S/C14H18BrN3O2/c1-7-11(5-9(15)6-12(7)16)14(20)17-8(2)13(19)18-10-3-4-10/h5-6,8,10H,3-4,16H2,1-2H3,(H,17,20)(H,18,19). The quantitative estimate of drug-likeness (QED) is 0.730. The normalized spacial score (nSPS) is 15.6. The third kappa shape index (κ3) is 3.50. The van der Waals surface area contributed by atoms with Crippen molar-refractivity contribution in [3.05, 3.63) is 27.7 Å². The van der Waals surface area contributed by atoms with E-state index in [0.29, 0.717) is 16.8 Å². The first-order chi connectivity index (χ1) is 9.38. The molecule has 1 unspecified atom stereocenters. The van der Waals surface area contributed by atoms with E-state index in [9.17, 15) is 9.59 Å². The number of amides is 2. The highest BCUT2D eigenvalue weighted by Crippen LogP contribution is 2.23. The molecule has 2 amide bonds. The monoisotopic (exact) mass is 339 g/mol. The van der Waals surface area contributed by atoms with Crippen LogP contribution in [0, 0.1) is 6.92 Å². The van der Waals surface area contributed by atoms with E-state index in [4.69, 9.17) is 5.73 Å². The fourth-order valence-electron chi connectivity index (χ4n) is 1.83. The maximum Gasteiger partial charge on any atom is 0.252 e. The van der Waals surface area contributed by atoms with Crippen molar-refractivity contribution < 1.29 is 9.59 Å². The fraction of sp³-hybridized carbons (Fsp3) is 0.429. The van der Waals surface area contributed by atoms with E-state index in [1.807, 2.05) is 0 Å². The smallest absolute Gasteiger partial charge is 0.252 e. The van der Waals surface area contributed by atoms with Gasteiger partial charge in [0, 0.05) is 21.8 Å². The number of anilines is 1. The molecule has 1 aromatic rings. The number of carbonyl (C=O) groups is 2. The van der Waals surface area contributed by atoms with Crippen LogP contribution in [0.25, 0.3) is 0 Å². The maximum absolute atomic E-state index is 12.2. The Bertz CT molecular complexity index is 556. The van der Waals surface area contributed by atoms with Crippen molar-refractivity contribution in [1.82, 2.24) is 10.6 Å². The zero-order chi connectivity index (χ0) is 14.9. The summed E-state index contributed by atoms with van der Waals surface area (Å²) in [6.07, 6.45) is 2.04. The average Bonchev–Trinajstić information content (AvgIpc) is 3.17.